The number of likely N-dealkylation sites (tertiary alicyclic amines) is 1. The Labute approximate surface area is 147 Å². The van der Waals surface area contributed by atoms with Crippen molar-refractivity contribution in [1.29, 1.82) is 0 Å². The summed E-state index contributed by atoms with van der Waals surface area (Å²) in [5, 5.41) is 3.95. The molecule has 0 spiro atoms. The maximum Gasteiger partial charge on any atom is 0.276 e. The molecule has 0 aliphatic carbocycles. The van der Waals surface area contributed by atoms with Crippen molar-refractivity contribution >= 4 is 5.91 Å². The zero-order chi connectivity index (χ0) is 18.1. The fourth-order valence-electron chi connectivity index (χ4n) is 2.95. The molecule has 1 atom stereocenters. The van der Waals surface area contributed by atoms with Gasteiger partial charge >= 0.3 is 0 Å². The molecule has 0 saturated carbocycles. The number of pyridine rings is 1. The van der Waals surface area contributed by atoms with Crippen LogP contribution in [-0.4, -0.2) is 32.5 Å². The predicted molar refractivity (Wildman–Crippen MR) is 86.7 cm³/mol. The van der Waals surface area contributed by atoms with Gasteiger partial charge in [-0.1, -0.05) is 17.3 Å². The van der Waals surface area contributed by atoms with Gasteiger partial charge in [0.2, 0.25) is 5.91 Å². The molecule has 2 aromatic heterocycles. The topological polar surface area (TPSA) is 72.1 Å². The number of carbonyl (C=O) groups is 1. The Bertz CT molecular complexity index is 945. The van der Waals surface area contributed by atoms with Gasteiger partial charge in [0.05, 0.1) is 0 Å². The van der Waals surface area contributed by atoms with Gasteiger partial charge in [0.15, 0.2) is 5.82 Å². The minimum atomic E-state index is -0.668. The van der Waals surface area contributed by atoms with E-state index in [0.717, 1.165) is 6.07 Å². The van der Waals surface area contributed by atoms with Crippen LogP contribution in [0, 0.1) is 11.6 Å². The van der Waals surface area contributed by atoms with Crippen LogP contribution >= 0.6 is 0 Å². The van der Waals surface area contributed by atoms with Crippen LogP contribution in [-0.2, 0) is 11.3 Å². The quantitative estimate of drug-likeness (QED) is 0.719. The number of benzene rings is 1. The molecule has 1 unspecified atom stereocenters. The monoisotopic (exact) mass is 356 g/mol. The van der Waals surface area contributed by atoms with Crippen molar-refractivity contribution in [1.82, 2.24) is 20.0 Å². The highest BCUT2D eigenvalue weighted by Crippen LogP contribution is 2.29. The first-order chi connectivity index (χ1) is 12.6. The Morgan fingerprint density at radius 3 is 2.88 bits per heavy atom. The third kappa shape index (κ3) is 3.17. The first-order valence-corrected chi connectivity index (χ1v) is 8.07. The maximum absolute atomic E-state index is 13.8. The lowest BCUT2D eigenvalue weighted by atomic mass is 10.1. The molecule has 0 bridgehead atoms. The van der Waals surface area contributed by atoms with E-state index in [2.05, 4.69) is 15.1 Å². The lowest BCUT2D eigenvalue weighted by Crippen LogP contribution is -2.25. The van der Waals surface area contributed by atoms with Crippen molar-refractivity contribution in [3.63, 3.8) is 0 Å². The molecule has 1 aliphatic heterocycles. The normalized spacial score (nSPS) is 17.1. The van der Waals surface area contributed by atoms with Gasteiger partial charge in [-0.2, -0.15) is 4.98 Å². The second-order valence-corrected chi connectivity index (χ2v) is 6.08. The smallest absolute Gasteiger partial charge is 0.276 e. The summed E-state index contributed by atoms with van der Waals surface area (Å²) in [6.07, 6.45) is 1.83. The molecule has 1 amide bonds. The van der Waals surface area contributed by atoms with E-state index >= 15 is 0 Å². The summed E-state index contributed by atoms with van der Waals surface area (Å²) in [5.41, 5.74) is 0.823. The predicted octanol–water partition coefficient (Wildman–Crippen LogP) is 2.93. The number of halogens is 2. The molecule has 0 N–H and O–H groups in total. The highest BCUT2D eigenvalue weighted by atomic mass is 19.1. The van der Waals surface area contributed by atoms with Crippen LogP contribution in [0.4, 0.5) is 8.78 Å². The van der Waals surface area contributed by atoms with Gasteiger partial charge in [-0.15, -0.1) is 0 Å². The minimum Gasteiger partial charge on any atom is -0.337 e. The van der Waals surface area contributed by atoms with Gasteiger partial charge in [-0.25, -0.2) is 8.78 Å². The van der Waals surface area contributed by atoms with Crippen LogP contribution in [0.2, 0.25) is 0 Å². The molecular weight excluding hydrogens is 342 g/mol. The van der Waals surface area contributed by atoms with E-state index in [9.17, 15) is 13.6 Å². The van der Waals surface area contributed by atoms with E-state index in [4.69, 9.17) is 4.52 Å². The summed E-state index contributed by atoms with van der Waals surface area (Å²) in [4.78, 5) is 22.2. The van der Waals surface area contributed by atoms with E-state index < -0.39 is 11.6 Å². The fraction of sp³-hybridized carbons (Fsp3) is 0.222. The lowest BCUT2D eigenvalue weighted by molar-refractivity contribution is -0.128. The molecule has 0 radical (unpaired) electrons. The first kappa shape index (κ1) is 16.3. The summed E-state index contributed by atoms with van der Waals surface area (Å²) in [6, 6.07) is 8.67. The van der Waals surface area contributed by atoms with Gasteiger partial charge < -0.3 is 9.42 Å². The maximum atomic E-state index is 13.8. The summed E-state index contributed by atoms with van der Waals surface area (Å²) in [5.74, 6) is -0.990. The van der Waals surface area contributed by atoms with Crippen LogP contribution < -0.4 is 0 Å². The van der Waals surface area contributed by atoms with E-state index in [0.29, 0.717) is 18.1 Å². The molecule has 132 valence electrons. The second kappa shape index (κ2) is 6.62. The van der Waals surface area contributed by atoms with Crippen molar-refractivity contribution in [2.24, 2.45) is 0 Å². The van der Waals surface area contributed by atoms with Crippen LogP contribution in [0.15, 0.2) is 47.1 Å². The molecule has 1 fully saturated rings. The molecule has 3 aromatic rings. The molecular formula is C18H14F2N4O2. The van der Waals surface area contributed by atoms with E-state index in [1.807, 2.05) is 6.07 Å². The Morgan fingerprint density at radius 1 is 1.23 bits per heavy atom. The van der Waals surface area contributed by atoms with Gasteiger partial charge in [0.1, 0.15) is 17.3 Å². The zero-order valence-electron chi connectivity index (χ0n) is 13.6. The number of carbonyl (C=O) groups excluding carboxylic acids is 1. The number of nitrogens with zero attached hydrogens (tertiary/aromatic N) is 4. The Morgan fingerprint density at radius 2 is 2.12 bits per heavy atom. The lowest BCUT2D eigenvalue weighted by Gasteiger charge is -2.16. The average molecular weight is 356 g/mol. The van der Waals surface area contributed by atoms with Crippen molar-refractivity contribution < 1.29 is 18.1 Å². The summed E-state index contributed by atoms with van der Waals surface area (Å²) in [6.45, 7) is 0.420. The molecule has 26 heavy (non-hydrogen) atoms. The SMILES string of the molecule is O=C1CC(c2noc(-c3ccccn3)n2)CN1Cc1ccc(F)cc1F. The third-order valence-corrected chi connectivity index (χ3v) is 4.28. The van der Waals surface area contributed by atoms with Crippen LogP contribution in [0.25, 0.3) is 11.6 Å². The molecule has 4 rings (SSSR count). The Balaban J connectivity index is 1.49. The second-order valence-electron chi connectivity index (χ2n) is 6.08. The first-order valence-electron chi connectivity index (χ1n) is 8.07. The van der Waals surface area contributed by atoms with Crippen LogP contribution in [0.5, 0.6) is 0 Å². The minimum absolute atomic E-state index is 0.0758. The van der Waals surface area contributed by atoms with Gasteiger partial charge in [-0.3, -0.25) is 9.78 Å². The number of aromatic nitrogens is 3. The molecule has 1 aliphatic rings. The van der Waals surface area contributed by atoms with Crippen molar-refractivity contribution in [2.45, 2.75) is 18.9 Å². The van der Waals surface area contributed by atoms with Crippen molar-refractivity contribution in [2.75, 3.05) is 6.54 Å². The number of amides is 1. The van der Waals surface area contributed by atoms with Gasteiger partial charge in [0.25, 0.3) is 5.89 Å². The van der Waals surface area contributed by atoms with Crippen LogP contribution in [0.1, 0.15) is 23.7 Å². The van der Waals surface area contributed by atoms with Gasteiger partial charge in [0, 0.05) is 43.3 Å². The fourth-order valence-corrected chi connectivity index (χ4v) is 2.95. The standard InChI is InChI=1S/C18H14F2N4O2/c19-13-5-4-11(14(20)8-13)9-24-10-12(7-16(24)25)17-22-18(26-23-17)15-3-1-2-6-21-15/h1-6,8,12H,7,9-10H2. The van der Waals surface area contributed by atoms with E-state index in [1.165, 1.54) is 17.0 Å². The van der Waals surface area contributed by atoms with Crippen molar-refractivity contribution in [3.05, 3.63) is 65.6 Å². The third-order valence-electron chi connectivity index (χ3n) is 4.28. The highest BCUT2D eigenvalue weighted by molar-refractivity contribution is 5.79. The Kier molecular flexibility index (Phi) is 4.16. The summed E-state index contributed by atoms with van der Waals surface area (Å²) >= 11 is 0. The van der Waals surface area contributed by atoms with Crippen LogP contribution in [0.3, 0.4) is 0 Å². The molecule has 1 aromatic carbocycles. The number of hydrogen-bond donors (Lipinski definition) is 0. The van der Waals surface area contributed by atoms with Crippen molar-refractivity contribution in [3.8, 4) is 11.6 Å². The van der Waals surface area contributed by atoms with E-state index in [1.54, 1.807) is 18.3 Å². The molecule has 1 saturated heterocycles. The largest absolute Gasteiger partial charge is 0.337 e. The molecule has 8 heteroatoms. The Hall–Kier alpha value is -3.16. The molecule has 6 nitrogen and oxygen atoms in total. The number of hydrogen-bond acceptors (Lipinski definition) is 5. The zero-order valence-corrected chi connectivity index (χ0v) is 13.6. The summed E-state index contributed by atoms with van der Waals surface area (Å²) < 4.78 is 32.1. The summed E-state index contributed by atoms with van der Waals surface area (Å²) in [7, 11) is 0. The average Bonchev–Trinajstić information content (AvgIpc) is 3.25. The van der Waals surface area contributed by atoms with E-state index in [-0.39, 0.29) is 36.2 Å². The number of rotatable bonds is 4. The molecule has 3 heterocycles. The highest BCUT2D eigenvalue weighted by Gasteiger charge is 2.34. The van der Waals surface area contributed by atoms with Gasteiger partial charge in [-0.05, 0) is 18.2 Å².